The summed E-state index contributed by atoms with van der Waals surface area (Å²) >= 11 is 5.92. The Morgan fingerprint density at radius 1 is 1.42 bits per heavy atom. The van der Waals surface area contributed by atoms with Crippen LogP contribution < -0.4 is 5.32 Å². The van der Waals surface area contributed by atoms with E-state index in [4.69, 9.17) is 16.3 Å². The van der Waals surface area contributed by atoms with Crippen LogP contribution in [0.3, 0.4) is 0 Å². The van der Waals surface area contributed by atoms with Gasteiger partial charge in [0.2, 0.25) is 5.91 Å². The van der Waals surface area contributed by atoms with Crippen molar-refractivity contribution in [3.05, 3.63) is 34.9 Å². The number of carbonyl (C=O) groups excluding carboxylic acids is 3. The summed E-state index contributed by atoms with van der Waals surface area (Å²) in [5.41, 5.74) is 0.390. The number of piperazine rings is 1. The molecule has 0 unspecified atom stereocenters. The van der Waals surface area contributed by atoms with Gasteiger partial charge in [-0.25, -0.2) is 0 Å². The fourth-order valence-electron chi connectivity index (χ4n) is 2.50. The molecule has 2 rings (SSSR count). The van der Waals surface area contributed by atoms with E-state index in [0.717, 1.165) is 12.8 Å². The van der Waals surface area contributed by atoms with Crippen LogP contribution in [0, 0.1) is 0 Å². The minimum atomic E-state index is -0.862. The molecule has 0 saturated carbocycles. The van der Waals surface area contributed by atoms with Crippen molar-refractivity contribution in [1.82, 2.24) is 10.2 Å². The van der Waals surface area contributed by atoms with Gasteiger partial charge in [-0.2, -0.15) is 0 Å². The third-order valence-corrected chi connectivity index (χ3v) is 4.02. The molecule has 130 valence electrons. The highest BCUT2D eigenvalue weighted by atomic mass is 35.5. The van der Waals surface area contributed by atoms with Gasteiger partial charge in [-0.15, -0.1) is 0 Å². The highest BCUT2D eigenvalue weighted by Gasteiger charge is 2.35. The summed E-state index contributed by atoms with van der Waals surface area (Å²) < 4.78 is 5.11. The molecular weight excluding hydrogens is 332 g/mol. The first-order chi connectivity index (χ1) is 11.5. The van der Waals surface area contributed by atoms with Crippen LogP contribution in [0.1, 0.15) is 36.5 Å². The Hall–Kier alpha value is -2.08. The summed E-state index contributed by atoms with van der Waals surface area (Å²) in [6, 6.07) is 5.67. The molecule has 1 aliphatic rings. The quantitative estimate of drug-likeness (QED) is 0.627. The Morgan fingerprint density at radius 2 is 2.21 bits per heavy atom. The fourth-order valence-corrected chi connectivity index (χ4v) is 2.69. The Labute approximate surface area is 146 Å². The predicted molar refractivity (Wildman–Crippen MR) is 89.8 cm³/mol. The minimum Gasteiger partial charge on any atom is -0.466 e. The molecule has 6 nitrogen and oxygen atoms in total. The van der Waals surface area contributed by atoms with Gasteiger partial charge in [0.05, 0.1) is 13.0 Å². The van der Waals surface area contributed by atoms with Gasteiger partial charge in [-0.1, -0.05) is 31.0 Å². The van der Waals surface area contributed by atoms with Crippen molar-refractivity contribution in [3.8, 4) is 0 Å². The van der Waals surface area contributed by atoms with Gasteiger partial charge in [-0.3, -0.25) is 14.4 Å². The van der Waals surface area contributed by atoms with E-state index in [0.29, 0.717) is 30.3 Å². The molecule has 0 aliphatic carbocycles. The maximum atomic E-state index is 12.7. The number of nitrogens with zero attached hydrogens (tertiary/aromatic N) is 1. The molecule has 1 aromatic carbocycles. The Morgan fingerprint density at radius 3 is 2.92 bits per heavy atom. The molecule has 2 amide bonds. The van der Waals surface area contributed by atoms with Gasteiger partial charge in [0.1, 0.15) is 6.04 Å². The van der Waals surface area contributed by atoms with Gasteiger partial charge in [0.15, 0.2) is 0 Å². The fraction of sp³-hybridized carbons (Fsp3) is 0.471. The average molecular weight is 353 g/mol. The first-order valence-electron chi connectivity index (χ1n) is 8.02. The number of halogens is 1. The van der Waals surface area contributed by atoms with Crippen molar-refractivity contribution in [2.75, 3.05) is 19.7 Å². The van der Waals surface area contributed by atoms with E-state index in [2.05, 4.69) is 5.32 Å². The number of ether oxygens (including phenoxy) is 1. The van der Waals surface area contributed by atoms with Crippen molar-refractivity contribution in [1.29, 1.82) is 0 Å². The highest BCUT2D eigenvalue weighted by Crippen LogP contribution is 2.17. The molecule has 1 atom stereocenters. The molecule has 0 bridgehead atoms. The first kappa shape index (κ1) is 18.3. The van der Waals surface area contributed by atoms with Gasteiger partial charge in [0.25, 0.3) is 5.91 Å². The number of unbranched alkanes of at least 4 members (excludes halogenated alkanes) is 1. The normalized spacial score (nSPS) is 17.3. The molecular formula is C17H21ClN2O4. The van der Waals surface area contributed by atoms with Gasteiger partial charge in [0, 0.05) is 23.7 Å². The van der Waals surface area contributed by atoms with Crippen molar-refractivity contribution in [2.45, 2.75) is 32.2 Å². The van der Waals surface area contributed by atoms with Crippen LogP contribution in [-0.2, 0) is 14.3 Å². The SMILES string of the molecule is CCCCOC(=O)C[C@H]1C(=O)NCCN1C(=O)c1cccc(Cl)c1. The Kier molecular flexibility index (Phi) is 6.61. The molecule has 1 fully saturated rings. The number of esters is 1. The summed E-state index contributed by atoms with van der Waals surface area (Å²) in [7, 11) is 0. The van der Waals surface area contributed by atoms with E-state index in [1.54, 1.807) is 24.3 Å². The van der Waals surface area contributed by atoms with Crippen molar-refractivity contribution < 1.29 is 19.1 Å². The minimum absolute atomic E-state index is 0.151. The van der Waals surface area contributed by atoms with Gasteiger partial charge >= 0.3 is 5.97 Å². The highest BCUT2D eigenvalue weighted by molar-refractivity contribution is 6.31. The van der Waals surface area contributed by atoms with Crippen LogP contribution in [0.5, 0.6) is 0 Å². The lowest BCUT2D eigenvalue weighted by Gasteiger charge is -2.34. The van der Waals surface area contributed by atoms with Crippen LogP contribution in [0.2, 0.25) is 5.02 Å². The zero-order valence-electron chi connectivity index (χ0n) is 13.6. The number of rotatable bonds is 6. The Balaban J connectivity index is 2.09. The van der Waals surface area contributed by atoms with Gasteiger partial charge < -0.3 is 15.0 Å². The Bertz CT molecular complexity index is 620. The molecule has 24 heavy (non-hydrogen) atoms. The molecule has 1 aliphatic heterocycles. The first-order valence-corrected chi connectivity index (χ1v) is 8.40. The largest absolute Gasteiger partial charge is 0.466 e. The summed E-state index contributed by atoms with van der Waals surface area (Å²) in [4.78, 5) is 38.2. The molecule has 1 saturated heterocycles. The summed E-state index contributed by atoms with van der Waals surface area (Å²) in [6.07, 6.45) is 1.53. The molecule has 1 aromatic rings. The van der Waals surface area contributed by atoms with E-state index in [1.165, 1.54) is 4.90 Å². The zero-order valence-corrected chi connectivity index (χ0v) is 14.3. The monoisotopic (exact) mass is 352 g/mol. The van der Waals surface area contributed by atoms with Crippen LogP contribution >= 0.6 is 11.6 Å². The van der Waals surface area contributed by atoms with Crippen LogP contribution in [-0.4, -0.2) is 48.4 Å². The van der Waals surface area contributed by atoms with E-state index >= 15 is 0 Å². The van der Waals surface area contributed by atoms with E-state index < -0.39 is 12.0 Å². The lowest BCUT2D eigenvalue weighted by atomic mass is 10.1. The van der Waals surface area contributed by atoms with E-state index in [-0.39, 0.29) is 18.2 Å². The molecule has 0 spiro atoms. The zero-order chi connectivity index (χ0) is 17.5. The molecule has 1 N–H and O–H groups in total. The summed E-state index contributed by atoms with van der Waals surface area (Å²) in [5, 5.41) is 3.13. The number of benzene rings is 1. The summed E-state index contributed by atoms with van der Waals surface area (Å²) in [6.45, 7) is 3.01. The third-order valence-electron chi connectivity index (χ3n) is 3.78. The number of carbonyl (C=O) groups is 3. The smallest absolute Gasteiger partial charge is 0.308 e. The molecule has 7 heteroatoms. The lowest BCUT2D eigenvalue weighted by Crippen LogP contribution is -2.57. The number of hydrogen-bond acceptors (Lipinski definition) is 4. The van der Waals surface area contributed by atoms with Crippen LogP contribution in [0.15, 0.2) is 24.3 Å². The van der Waals surface area contributed by atoms with Crippen molar-refractivity contribution in [3.63, 3.8) is 0 Å². The second-order valence-electron chi connectivity index (χ2n) is 5.59. The van der Waals surface area contributed by atoms with E-state index in [1.807, 2.05) is 6.92 Å². The predicted octanol–water partition coefficient (Wildman–Crippen LogP) is 2.01. The maximum absolute atomic E-state index is 12.7. The van der Waals surface area contributed by atoms with Crippen molar-refractivity contribution in [2.24, 2.45) is 0 Å². The van der Waals surface area contributed by atoms with Crippen LogP contribution in [0.25, 0.3) is 0 Å². The molecule has 1 heterocycles. The van der Waals surface area contributed by atoms with Crippen molar-refractivity contribution >= 4 is 29.4 Å². The second kappa shape index (κ2) is 8.68. The van der Waals surface area contributed by atoms with E-state index in [9.17, 15) is 14.4 Å². The standard InChI is InChI=1S/C17H21ClN2O4/c1-2-3-9-24-15(21)11-14-16(22)19-7-8-20(14)17(23)12-5-4-6-13(18)10-12/h4-6,10,14H,2-3,7-9,11H2,1H3,(H,19,22)/t14-/m0/s1. The number of nitrogens with one attached hydrogen (secondary N) is 1. The topological polar surface area (TPSA) is 75.7 Å². The van der Waals surface area contributed by atoms with Crippen LogP contribution in [0.4, 0.5) is 0 Å². The summed E-state index contributed by atoms with van der Waals surface area (Å²) in [5.74, 6) is -1.14. The third kappa shape index (κ3) is 4.71. The lowest BCUT2D eigenvalue weighted by molar-refractivity contribution is -0.147. The van der Waals surface area contributed by atoms with Gasteiger partial charge in [-0.05, 0) is 24.6 Å². The second-order valence-corrected chi connectivity index (χ2v) is 6.03. The average Bonchev–Trinajstić information content (AvgIpc) is 2.56. The molecule has 0 aromatic heterocycles. The molecule has 0 radical (unpaired) electrons. The number of amides is 2. The number of hydrogen-bond donors (Lipinski definition) is 1. The maximum Gasteiger partial charge on any atom is 0.308 e.